The molecule has 0 aromatic carbocycles. The first-order valence-corrected chi connectivity index (χ1v) is 6.62. The average molecular weight is 237 g/mol. The van der Waals surface area contributed by atoms with Crippen LogP contribution in [0.1, 0.15) is 38.4 Å². The summed E-state index contributed by atoms with van der Waals surface area (Å²) in [4.78, 5) is 0. The Hall–Kier alpha value is -0.870. The number of hydrogen-bond donors (Lipinski definition) is 1. The molecule has 1 N–H and O–H groups in total. The number of nitrogens with zero attached hydrogens (tertiary/aromatic N) is 2. The number of nitrogens with one attached hydrogen (secondary N) is 1. The molecule has 0 amide bonds. The normalized spacial score (nSPS) is 26.3. The molecule has 3 unspecified atom stereocenters. The first-order chi connectivity index (χ1) is 8.31. The molecule has 4 heteroatoms. The van der Waals surface area contributed by atoms with E-state index in [1.54, 1.807) is 0 Å². The van der Waals surface area contributed by atoms with Crippen LogP contribution in [0.5, 0.6) is 0 Å². The summed E-state index contributed by atoms with van der Waals surface area (Å²) in [5.41, 5.74) is 1.28. The van der Waals surface area contributed by atoms with E-state index in [1.807, 2.05) is 13.2 Å². The number of aromatic nitrogens is 2. The first-order valence-electron chi connectivity index (χ1n) is 6.62. The van der Waals surface area contributed by atoms with Gasteiger partial charge in [0, 0.05) is 25.3 Å². The summed E-state index contributed by atoms with van der Waals surface area (Å²) in [5, 5.41) is 7.81. The van der Waals surface area contributed by atoms with Crippen molar-refractivity contribution < 1.29 is 4.74 Å². The molecule has 0 bridgehead atoms. The molecule has 0 saturated carbocycles. The molecule has 1 fully saturated rings. The van der Waals surface area contributed by atoms with E-state index >= 15 is 0 Å². The second-order valence-electron chi connectivity index (χ2n) is 4.61. The predicted octanol–water partition coefficient (Wildman–Crippen LogP) is 1.98. The fraction of sp³-hybridized carbons (Fsp3) is 0.769. The molecule has 0 aliphatic carbocycles. The van der Waals surface area contributed by atoms with Gasteiger partial charge >= 0.3 is 0 Å². The maximum absolute atomic E-state index is 5.80. The van der Waals surface area contributed by atoms with Crippen molar-refractivity contribution in [3.63, 3.8) is 0 Å². The van der Waals surface area contributed by atoms with E-state index in [0.717, 1.165) is 26.0 Å². The summed E-state index contributed by atoms with van der Waals surface area (Å²) < 4.78 is 7.88. The second kappa shape index (κ2) is 5.65. The van der Waals surface area contributed by atoms with E-state index < -0.39 is 0 Å². The summed E-state index contributed by atoms with van der Waals surface area (Å²) >= 11 is 0. The minimum atomic E-state index is 0.352. The lowest BCUT2D eigenvalue weighted by Crippen LogP contribution is -2.32. The SMILES string of the molecule is CCC1OCCC1C(NC)c1ccnn1CC. The number of aryl methyl sites for hydroxylation is 1. The van der Waals surface area contributed by atoms with Gasteiger partial charge in [-0.05, 0) is 32.9 Å². The Morgan fingerprint density at radius 3 is 3.06 bits per heavy atom. The minimum absolute atomic E-state index is 0.352. The van der Waals surface area contributed by atoms with E-state index in [9.17, 15) is 0 Å². The smallest absolute Gasteiger partial charge is 0.0620 e. The van der Waals surface area contributed by atoms with Gasteiger partial charge in [0.2, 0.25) is 0 Å². The minimum Gasteiger partial charge on any atom is -0.378 e. The number of ether oxygens (including phenoxy) is 1. The summed E-state index contributed by atoms with van der Waals surface area (Å²) in [6.45, 7) is 6.14. The first kappa shape index (κ1) is 12.6. The lowest BCUT2D eigenvalue weighted by atomic mass is 9.89. The molecule has 2 rings (SSSR count). The van der Waals surface area contributed by atoms with Crippen LogP contribution in [0.3, 0.4) is 0 Å². The highest BCUT2D eigenvalue weighted by atomic mass is 16.5. The van der Waals surface area contributed by atoms with Gasteiger partial charge in [0.25, 0.3) is 0 Å². The van der Waals surface area contributed by atoms with Gasteiger partial charge in [-0.2, -0.15) is 5.10 Å². The van der Waals surface area contributed by atoms with Crippen LogP contribution < -0.4 is 5.32 Å². The van der Waals surface area contributed by atoms with Gasteiger partial charge in [-0.25, -0.2) is 0 Å². The molecule has 4 nitrogen and oxygen atoms in total. The molecule has 1 aromatic heterocycles. The molecular weight excluding hydrogens is 214 g/mol. The van der Waals surface area contributed by atoms with Crippen molar-refractivity contribution in [1.29, 1.82) is 0 Å². The maximum atomic E-state index is 5.80. The Balaban J connectivity index is 2.21. The second-order valence-corrected chi connectivity index (χ2v) is 4.61. The van der Waals surface area contributed by atoms with Gasteiger partial charge < -0.3 is 10.1 Å². The molecule has 0 spiro atoms. The van der Waals surface area contributed by atoms with Gasteiger partial charge in [0.15, 0.2) is 0 Å². The highest BCUT2D eigenvalue weighted by Gasteiger charge is 2.34. The van der Waals surface area contributed by atoms with Crippen molar-refractivity contribution in [2.45, 2.75) is 45.4 Å². The zero-order valence-corrected chi connectivity index (χ0v) is 11.0. The van der Waals surface area contributed by atoms with Crippen molar-refractivity contribution >= 4 is 0 Å². The monoisotopic (exact) mass is 237 g/mol. The molecule has 17 heavy (non-hydrogen) atoms. The van der Waals surface area contributed by atoms with Gasteiger partial charge in [-0.1, -0.05) is 6.92 Å². The molecular formula is C13H23N3O. The van der Waals surface area contributed by atoms with Crippen molar-refractivity contribution in [3.8, 4) is 0 Å². The van der Waals surface area contributed by atoms with E-state index in [2.05, 4.69) is 35.0 Å². The standard InChI is InChI=1S/C13H23N3O/c1-4-12-10(7-9-17-12)13(14-3)11-6-8-15-16(11)5-2/h6,8,10,12-14H,4-5,7,9H2,1-3H3. The largest absolute Gasteiger partial charge is 0.378 e. The van der Waals surface area contributed by atoms with E-state index in [-0.39, 0.29) is 0 Å². The molecule has 1 aliphatic rings. The van der Waals surface area contributed by atoms with Gasteiger partial charge in [-0.3, -0.25) is 4.68 Å². The Morgan fingerprint density at radius 1 is 1.59 bits per heavy atom. The number of rotatable bonds is 5. The fourth-order valence-corrected chi connectivity index (χ4v) is 2.92. The van der Waals surface area contributed by atoms with Crippen LogP contribution >= 0.6 is 0 Å². The van der Waals surface area contributed by atoms with Crippen molar-refractivity contribution in [1.82, 2.24) is 15.1 Å². The third kappa shape index (κ3) is 2.38. The van der Waals surface area contributed by atoms with E-state index in [1.165, 1.54) is 5.69 Å². The van der Waals surface area contributed by atoms with Crippen LogP contribution in [0, 0.1) is 5.92 Å². The quantitative estimate of drug-likeness (QED) is 0.851. The molecule has 0 radical (unpaired) electrons. The van der Waals surface area contributed by atoms with Crippen molar-refractivity contribution in [3.05, 3.63) is 18.0 Å². The fourth-order valence-electron chi connectivity index (χ4n) is 2.92. The zero-order valence-electron chi connectivity index (χ0n) is 11.0. The van der Waals surface area contributed by atoms with Crippen LogP contribution in [0.25, 0.3) is 0 Å². The Morgan fingerprint density at radius 2 is 2.41 bits per heavy atom. The van der Waals surface area contributed by atoms with Crippen molar-refractivity contribution in [2.75, 3.05) is 13.7 Å². The van der Waals surface area contributed by atoms with E-state index in [0.29, 0.717) is 18.1 Å². The van der Waals surface area contributed by atoms with Crippen LogP contribution in [-0.2, 0) is 11.3 Å². The molecule has 1 aliphatic heterocycles. The lowest BCUT2D eigenvalue weighted by molar-refractivity contribution is 0.0773. The van der Waals surface area contributed by atoms with Crippen LogP contribution in [-0.4, -0.2) is 29.5 Å². The van der Waals surface area contributed by atoms with Gasteiger partial charge in [-0.15, -0.1) is 0 Å². The molecule has 1 saturated heterocycles. The Labute approximate surface area is 103 Å². The lowest BCUT2D eigenvalue weighted by Gasteiger charge is -2.27. The zero-order chi connectivity index (χ0) is 12.3. The molecule has 1 aromatic rings. The van der Waals surface area contributed by atoms with Gasteiger partial charge in [0.05, 0.1) is 17.8 Å². The summed E-state index contributed by atoms with van der Waals surface area (Å²) in [7, 11) is 2.03. The summed E-state index contributed by atoms with van der Waals surface area (Å²) in [5.74, 6) is 0.562. The average Bonchev–Trinajstić information content (AvgIpc) is 2.98. The number of hydrogen-bond acceptors (Lipinski definition) is 3. The maximum Gasteiger partial charge on any atom is 0.0620 e. The van der Waals surface area contributed by atoms with Crippen LogP contribution in [0.2, 0.25) is 0 Å². The van der Waals surface area contributed by atoms with Crippen molar-refractivity contribution in [2.24, 2.45) is 5.92 Å². The third-order valence-corrected chi connectivity index (χ3v) is 3.77. The molecule has 96 valence electrons. The van der Waals surface area contributed by atoms with Crippen LogP contribution in [0.4, 0.5) is 0 Å². The summed E-state index contributed by atoms with van der Waals surface area (Å²) in [6.07, 6.45) is 4.50. The van der Waals surface area contributed by atoms with Gasteiger partial charge in [0.1, 0.15) is 0 Å². The van der Waals surface area contributed by atoms with E-state index in [4.69, 9.17) is 4.74 Å². The topological polar surface area (TPSA) is 39.1 Å². The third-order valence-electron chi connectivity index (χ3n) is 3.77. The highest BCUT2D eigenvalue weighted by Crippen LogP contribution is 2.34. The Bertz CT molecular complexity index is 350. The highest BCUT2D eigenvalue weighted by molar-refractivity contribution is 5.10. The Kier molecular flexibility index (Phi) is 4.18. The predicted molar refractivity (Wildman–Crippen MR) is 67.8 cm³/mol. The summed E-state index contributed by atoms with van der Waals surface area (Å²) in [6, 6.07) is 2.47. The van der Waals surface area contributed by atoms with Crippen LogP contribution in [0.15, 0.2) is 12.3 Å². The molecule has 3 atom stereocenters. The molecule has 2 heterocycles.